The molecule has 0 amide bonds. The monoisotopic (exact) mass is 244 g/mol. The molecule has 0 aliphatic carbocycles. The molecule has 0 aromatic carbocycles. The lowest BCUT2D eigenvalue weighted by Crippen LogP contribution is -2.62. The van der Waals surface area contributed by atoms with Crippen LogP contribution in [0.25, 0.3) is 0 Å². The van der Waals surface area contributed by atoms with Crippen molar-refractivity contribution in [2.75, 3.05) is 13.6 Å². The second kappa shape index (κ2) is 6.19. The maximum atomic E-state index is 6.56. The fraction of sp³-hybridized carbons (Fsp3) is 1.00. The van der Waals surface area contributed by atoms with E-state index in [-0.39, 0.29) is 11.1 Å². The number of hydrogen-bond acceptors (Lipinski definition) is 1. The molecule has 0 saturated carbocycles. The smallest absolute Gasteiger partial charge is 0.125 e. The van der Waals surface area contributed by atoms with Crippen molar-refractivity contribution in [2.45, 2.75) is 85.3 Å². The molecule has 1 atom stereocenters. The Balaban J connectivity index is 5.15. The number of rotatable bonds is 8. The van der Waals surface area contributed by atoms with E-state index in [1.807, 2.05) is 0 Å². The highest BCUT2D eigenvalue weighted by Crippen LogP contribution is 2.35. The minimum absolute atomic E-state index is 0.00361. The zero-order chi connectivity index (χ0) is 13.7. The Hall–Kier alpha value is -0.0800. The normalized spacial score (nSPS) is 16.9. The van der Waals surface area contributed by atoms with Gasteiger partial charge in [0.25, 0.3) is 0 Å². The molecule has 0 N–H and O–H groups in total. The van der Waals surface area contributed by atoms with Crippen molar-refractivity contribution in [1.29, 1.82) is 0 Å². The molecule has 0 fully saturated rings. The zero-order valence-corrected chi connectivity index (χ0v) is 13.4. The summed E-state index contributed by atoms with van der Waals surface area (Å²) in [5.74, 6) is 0. The van der Waals surface area contributed by atoms with Crippen LogP contribution >= 0.6 is 0 Å². The highest BCUT2D eigenvalue weighted by atomic mass is 16.7. The van der Waals surface area contributed by atoms with Crippen molar-refractivity contribution in [1.82, 2.24) is 0 Å². The first-order valence-corrected chi connectivity index (χ1v) is 7.32. The largest absolute Gasteiger partial charge is 0.196 e. The molecule has 104 valence electrons. The van der Waals surface area contributed by atoms with Gasteiger partial charge in [-0.25, -0.2) is 0 Å². The van der Waals surface area contributed by atoms with E-state index in [1.54, 1.807) is 0 Å². The third kappa shape index (κ3) is 3.45. The average Bonchev–Trinajstić information content (AvgIpc) is 2.37. The van der Waals surface area contributed by atoms with E-state index in [4.69, 9.17) is 4.84 Å². The molecular formula is C15H34NO+. The van der Waals surface area contributed by atoms with Gasteiger partial charge >= 0.3 is 0 Å². The molecule has 2 heteroatoms. The first-order valence-electron chi connectivity index (χ1n) is 7.32. The third-order valence-electron chi connectivity index (χ3n) is 5.19. The molecule has 0 aliphatic heterocycles. The molecule has 0 spiro atoms. The van der Waals surface area contributed by atoms with Gasteiger partial charge in [-0.2, -0.15) is 9.48 Å². The fourth-order valence-corrected chi connectivity index (χ4v) is 2.34. The van der Waals surface area contributed by atoms with Crippen LogP contribution in [0.5, 0.6) is 0 Å². The predicted molar refractivity (Wildman–Crippen MR) is 75.8 cm³/mol. The fourth-order valence-electron chi connectivity index (χ4n) is 2.34. The zero-order valence-electron chi connectivity index (χ0n) is 13.4. The van der Waals surface area contributed by atoms with Gasteiger partial charge in [-0.3, -0.25) is 0 Å². The van der Waals surface area contributed by atoms with E-state index in [2.05, 4.69) is 55.5 Å². The average molecular weight is 244 g/mol. The van der Waals surface area contributed by atoms with Gasteiger partial charge in [0.1, 0.15) is 17.7 Å². The summed E-state index contributed by atoms with van der Waals surface area (Å²) >= 11 is 0. The van der Waals surface area contributed by atoms with Crippen LogP contribution in [-0.4, -0.2) is 29.4 Å². The molecule has 0 rings (SSSR count). The number of hydroxylamine groups is 3. The van der Waals surface area contributed by atoms with Gasteiger partial charge in [0.05, 0.1) is 7.05 Å². The number of quaternary nitrogens is 1. The molecule has 17 heavy (non-hydrogen) atoms. The summed E-state index contributed by atoms with van der Waals surface area (Å²) in [7, 11) is 2.25. The van der Waals surface area contributed by atoms with Crippen LogP contribution in [0.3, 0.4) is 0 Å². The molecule has 0 radical (unpaired) electrons. The Kier molecular flexibility index (Phi) is 6.16. The standard InChI is InChI=1S/C15H34NO/c1-9-14(6,10-2)16(8,13-5)17-15(7,11-3)12-4/h9-13H2,1-8H3/q+1. The SMILES string of the molecule is CCC(C)(CC)O[N+](C)(CC)C(C)(CC)CC. The van der Waals surface area contributed by atoms with Crippen LogP contribution in [-0.2, 0) is 4.84 Å². The van der Waals surface area contributed by atoms with E-state index in [0.717, 1.165) is 36.9 Å². The van der Waals surface area contributed by atoms with Crippen molar-refractivity contribution < 1.29 is 9.48 Å². The van der Waals surface area contributed by atoms with Crippen LogP contribution in [0.4, 0.5) is 0 Å². The van der Waals surface area contributed by atoms with Gasteiger partial charge in [0.15, 0.2) is 0 Å². The van der Waals surface area contributed by atoms with Gasteiger partial charge in [0.2, 0.25) is 0 Å². The van der Waals surface area contributed by atoms with Gasteiger partial charge in [0, 0.05) is 12.8 Å². The Labute approximate surface area is 109 Å². The summed E-state index contributed by atoms with van der Waals surface area (Å²) in [4.78, 5) is 6.56. The van der Waals surface area contributed by atoms with Crippen molar-refractivity contribution >= 4 is 0 Å². The van der Waals surface area contributed by atoms with E-state index in [9.17, 15) is 0 Å². The molecule has 2 nitrogen and oxygen atoms in total. The summed E-state index contributed by atoms with van der Waals surface area (Å²) in [5.41, 5.74) is 0.205. The lowest BCUT2D eigenvalue weighted by Gasteiger charge is -2.49. The van der Waals surface area contributed by atoms with Crippen LogP contribution in [0.2, 0.25) is 0 Å². The molecule has 0 aromatic rings. The lowest BCUT2D eigenvalue weighted by molar-refractivity contribution is -1.14. The van der Waals surface area contributed by atoms with Gasteiger partial charge in [-0.1, -0.05) is 27.7 Å². The Bertz CT molecular complexity index is 219. The molecule has 0 bridgehead atoms. The Morgan fingerprint density at radius 1 is 0.824 bits per heavy atom. The van der Waals surface area contributed by atoms with Crippen LogP contribution in [0.15, 0.2) is 0 Å². The Morgan fingerprint density at radius 3 is 1.47 bits per heavy atom. The number of nitrogens with zero attached hydrogens (tertiary/aromatic N) is 1. The summed E-state index contributed by atoms with van der Waals surface area (Å²) in [6, 6.07) is 0. The van der Waals surface area contributed by atoms with Gasteiger partial charge in [-0.15, -0.1) is 0 Å². The van der Waals surface area contributed by atoms with Crippen molar-refractivity contribution in [3.05, 3.63) is 0 Å². The summed E-state index contributed by atoms with van der Waals surface area (Å²) in [6.45, 7) is 16.8. The quantitative estimate of drug-likeness (QED) is 0.450. The highest BCUT2D eigenvalue weighted by molar-refractivity contribution is 4.73. The first-order chi connectivity index (χ1) is 7.76. The summed E-state index contributed by atoms with van der Waals surface area (Å²) < 4.78 is 0.720. The molecule has 1 unspecified atom stereocenters. The second-order valence-corrected chi connectivity index (χ2v) is 5.87. The van der Waals surface area contributed by atoms with Crippen LogP contribution in [0.1, 0.15) is 74.1 Å². The Morgan fingerprint density at radius 2 is 1.24 bits per heavy atom. The van der Waals surface area contributed by atoms with Gasteiger partial charge < -0.3 is 0 Å². The van der Waals surface area contributed by atoms with Crippen molar-refractivity contribution in [2.24, 2.45) is 0 Å². The van der Waals surface area contributed by atoms with E-state index in [0.29, 0.717) is 0 Å². The second-order valence-electron chi connectivity index (χ2n) is 5.87. The van der Waals surface area contributed by atoms with Crippen molar-refractivity contribution in [3.8, 4) is 0 Å². The minimum atomic E-state index is -0.00361. The molecule has 0 heterocycles. The van der Waals surface area contributed by atoms with E-state index < -0.39 is 0 Å². The summed E-state index contributed by atoms with van der Waals surface area (Å²) in [6.07, 6.45) is 4.44. The van der Waals surface area contributed by atoms with Crippen LogP contribution in [0, 0.1) is 0 Å². The maximum absolute atomic E-state index is 6.56. The highest BCUT2D eigenvalue weighted by Gasteiger charge is 2.46. The van der Waals surface area contributed by atoms with Gasteiger partial charge in [-0.05, 0) is 33.6 Å². The minimum Gasteiger partial charge on any atom is -0.196 e. The van der Waals surface area contributed by atoms with E-state index in [1.165, 1.54) is 0 Å². The molecule has 0 aliphatic rings. The van der Waals surface area contributed by atoms with Crippen LogP contribution < -0.4 is 0 Å². The molecule has 0 saturated heterocycles. The lowest BCUT2D eigenvalue weighted by atomic mass is 9.92. The predicted octanol–water partition coefficient (Wildman–Crippen LogP) is 4.54. The van der Waals surface area contributed by atoms with E-state index >= 15 is 0 Å². The number of hydrogen-bond donors (Lipinski definition) is 0. The third-order valence-corrected chi connectivity index (χ3v) is 5.19. The molecule has 0 aromatic heterocycles. The first kappa shape index (κ1) is 16.9. The maximum Gasteiger partial charge on any atom is 0.125 e. The van der Waals surface area contributed by atoms with Crippen molar-refractivity contribution in [3.63, 3.8) is 0 Å². The summed E-state index contributed by atoms with van der Waals surface area (Å²) in [5, 5.41) is 0. The topological polar surface area (TPSA) is 9.23 Å². The molecular weight excluding hydrogens is 210 g/mol.